The lowest BCUT2D eigenvalue weighted by Crippen LogP contribution is -2.26. The Labute approximate surface area is 191 Å². The van der Waals surface area contributed by atoms with Crippen LogP contribution in [0.2, 0.25) is 0 Å². The van der Waals surface area contributed by atoms with Crippen LogP contribution >= 0.6 is 7.60 Å². The Hall–Kier alpha value is -3.52. The van der Waals surface area contributed by atoms with E-state index in [2.05, 4.69) is 25.9 Å². The molecule has 3 aromatic carbocycles. The molecule has 0 saturated heterocycles. The van der Waals surface area contributed by atoms with Crippen LogP contribution in [0.4, 0.5) is 0 Å². The molecule has 0 aliphatic carbocycles. The first-order chi connectivity index (χ1) is 16.0. The van der Waals surface area contributed by atoms with E-state index in [0.29, 0.717) is 18.0 Å². The van der Waals surface area contributed by atoms with Gasteiger partial charge in [-0.25, -0.2) is 4.57 Å². The first-order valence-corrected chi connectivity index (χ1v) is 12.1. The van der Waals surface area contributed by atoms with Crippen molar-refractivity contribution in [1.82, 2.24) is 25.9 Å². The molecule has 0 aliphatic heterocycles. The van der Waals surface area contributed by atoms with E-state index in [-0.39, 0.29) is 6.29 Å². The first-order valence-electron chi connectivity index (χ1n) is 10.3. The summed E-state index contributed by atoms with van der Waals surface area (Å²) in [7, 11) is -2.33. The molecule has 1 unspecified atom stereocenters. The number of aromatic nitrogens is 4. The summed E-state index contributed by atoms with van der Waals surface area (Å²) in [5.74, 6) is 1.43. The summed E-state index contributed by atoms with van der Waals surface area (Å²) in [6.45, 7) is 0. The summed E-state index contributed by atoms with van der Waals surface area (Å²) in [6, 6.07) is 23.9. The van der Waals surface area contributed by atoms with Gasteiger partial charge in [-0.3, -0.25) is 5.32 Å². The standard InChI is InChI=1S/C23H24N5O4P/c1-31-22-15-17(12-13-20(22)18-8-4-2-5-9-18)14-21(23-25-27-28-26-23)24-16-33(29,30)32-19-10-6-3-7-11-19/h2-13,15,21,24H,14,16H2,1H3,(H,29,30)(H,25,26,27,28)/t21-/m0/s1. The van der Waals surface area contributed by atoms with E-state index in [4.69, 9.17) is 9.26 Å². The molecule has 0 spiro atoms. The molecule has 4 aromatic rings. The highest BCUT2D eigenvalue weighted by atomic mass is 31.2. The number of benzene rings is 3. The third-order valence-electron chi connectivity index (χ3n) is 4.99. The van der Waals surface area contributed by atoms with Crippen molar-refractivity contribution in [2.75, 3.05) is 13.4 Å². The third kappa shape index (κ3) is 6.04. The van der Waals surface area contributed by atoms with Crippen molar-refractivity contribution < 1.29 is 18.7 Å². The minimum Gasteiger partial charge on any atom is -0.496 e. The van der Waals surface area contributed by atoms with Gasteiger partial charge in [0.1, 0.15) is 17.8 Å². The number of tetrazole rings is 1. The molecule has 4 rings (SSSR count). The number of nitrogens with one attached hydrogen (secondary N) is 2. The second-order valence-corrected chi connectivity index (χ2v) is 9.11. The molecular weight excluding hydrogens is 441 g/mol. The van der Waals surface area contributed by atoms with Gasteiger partial charge in [0.2, 0.25) is 0 Å². The largest absolute Gasteiger partial charge is 0.496 e. The maximum absolute atomic E-state index is 12.6. The highest BCUT2D eigenvalue weighted by Gasteiger charge is 2.25. The Balaban J connectivity index is 1.51. The molecule has 9 nitrogen and oxygen atoms in total. The van der Waals surface area contributed by atoms with Crippen LogP contribution in [0, 0.1) is 0 Å². The maximum atomic E-state index is 12.6. The van der Waals surface area contributed by atoms with Gasteiger partial charge in [0.05, 0.1) is 13.2 Å². The number of rotatable bonds is 10. The van der Waals surface area contributed by atoms with Crippen LogP contribution in [0.3, 0.4) is 0 Å². The molecule has 3 N–H and O–H groups in total. The number of methoxy groups -OCH3 is 1. The lowest BCUT2D eigenvalue weighted by atomic mass is 9.99. The van der Waals surface area contributed by atoms with Crippen molar-refractivity contribution in [2.24, 2.45) is 0 Å². The van der Waals surface area contributed by atoms with E-state index in [0.717, 1.165) is 22.4 Å². The Kier molecular flexibility index (Phi) is 7.14. The molecule has 2 atom stereocenters. The second-order valence-electron chi connectivity index (χ2n) is 7.33. The fourth-order valence-electron chi connectivity index (χ4n) is 3.43. The summed E-state index contributed by atoms with van der Waals surface area (Å²) in [5.41, 5.74) is 2.96. The van der Waals surface area contributed by atoms with Gasteiger partial charge in [0.15, 0.2) is 5.82 Å². The Bertz CT molecular complexity index is 1210. The molecule has 0 radical (unpaired) electrons. The van der Waals surface area contributed by atoms with Crippen molar-refractivity contribution >= 4 is 7.60 Å². The SMILES string of the molecule is COc1cc(C[C@H](NCP(=O)(O)Oc2ccccc2)c2nn[nH]n2)ccc1-c1ccccc1. The number of ether oxygens (including phenoxy) is 1. The fraction of sp³-hybridized carbons (Fsp3) is 0.174. The van der Waals surface area contributed by atoms with E-state index in [1.54, 1.807) is 37.4 Å². The zero-order chi connectivity index (χ0) is 23.1. The minimum absolute atomic E-state index is 0.291. The topological polar surface area (TPSA) is 122 Å². The average Bonchev–Trinajstić information content (AvgIpc) is 3.37. The molecule has 0 aliphatic rings. The van der Waals surface area contributed by atoms with Gasteiger partial charge in [0.25, 0.3) is 0 Å². The molecule has 170 valence electrons. The minimum atomic E-state index is -3.96. The lowest BCUT2D eigenvalue weighted by Gasteiger charge is -2.19. The molecule has 1 aromatic heterocycles. The summed E-state index contributed by atoms with van der Waals surface area (Å²) in [6.07, 6.45) is 0.149. The van der Waals surface area contributed by atoms with Gasteiger partial charge in [-0.05, 0) is 35.7 Å². The molecule has 0 amide bonds. The van der Waals surface area contributed by atoms with Crippen molar-refractivity contribution in [3.63, 3.8) is 0 Å². The summed E-state index contributed by atoms with van der Waals surface area (Å²) in [5, 5.41) is 17.2. The van der Waals surface area contributed by atoms with E-state index < -0.39 is 13.6 Å². The molecule has 1 heterocycles. The monoisotopic (exact) mass is 465 g/mol. The van der Waals surface area contributed by atoms with Crippen molar-refractivity contribution in [2.45, 2.75) is 12.5 Å². The van der Waals surface area contributed by atoms with Crippen LogP contribution < -0.4 is 14.6 Å². The van der Waals surface area contributed by atoms with E-state index in [9.17, 15) is 9.46 Å². The van der Waals surface area contributed by atoms with Crippen LogP contribution in [0.15, 0.2) is 78.9 Å². The maximum Gasteiger partial charge on any atom is 0.390 e. The predicted octanol–water partition coefficient (Wildman–Crippen LogP) is 3.97. The number of hydrogen-bond acceptors (Lipinski definition) is 7. The highest BCUT2D eigenvalue weighted by Crippen LogP contribution is 2.42. The normalized spacial score (nSPS) is 13.8. The van der Waals surface area contributed by atoms with Crippen molar-refractivity contribution in [3.05, 3.63) is 90.3 Å². The second kappa shape index (κ2) is 10.4. The number of aromatic amines is 1. The summed E-state index contributed by atoms with van der Waals surface area (Å²) < 4.78 is 23.5. The Morgan fingerprint density at radius 1 is 1.06 bits per heavy atom. The number of H-pyrrole nitrogens is 1. The van der Waals surface area contributed by atoms with E-state index in [1.807, 2.05) is 48.5 Å². The molecule has 0 saturated carbocycles. The van der Waals surface area contributed by atoms with Gasteiger partial charge in [-0.2, -0.15) is 5.21 Å². The van der Waals surface area contributed by atoms with Crippen LogP contribution in [0.5, 0.6) is 11.5 Å². The van der Waals surface area contributed by atoms with Crippen molar-refractivity contribution in [1.29, 1.82) is 0 Å². The predicted molar refractivity (Wildman–Crippen MR) is 124 cm³/mol. The number of para-hydroxylation sites is 1. The zero-order valence-corrected chi connectivity index (χ0v) is 18.9. The van der Waals surface area contributed by atoms with Gasteiger partial charge < -0.3 is 14.2 Å². The lowest BCUT2D eigenvalue weighted by molar-refractivity contribution is 0.368. The van der Waals surface area contributed by atoms with Crippen LogP contribution in [-0.2, 0) is 11.0 Å². The van der Waals surface area contributed by atoms with E-state index in [1.165, 1.54) is 0 Å². The van der Waals surface area contributed by atoms with Crippen LogP contribution in [-0.4, -0.2) is 38.9 Å². The van der Waals surface area contributed by atoms with E-state index >= 15 is 0 Å². The smallest absolute Gasteiger partial charge is 0.390 e. The molecule has 33 heavy (non-hydrogen) atoms. The number of hydrogen-bond donors (Lipinski definition) is 3. The fourth-order valence-corrected chi connectivity index (χ4v) is 4.40. The summed E-state index contributed by atoms with van der Waals surface area (Å²) in [4.78, 5) is 10.3. The highest BCUT2D eigenvalue weighted by molar-refractivity contribution is 7.53. The Morgan fingerprint density at radius 3 is 2.45 bits per heavy atom. The molecule has 0 bridgehead atoms. The van der Waals surface area contributed by atoms with Gasteiger partial charge in [0, 0.05) is 5.56 Å². The number of nitrogens with zero attached hydrogens (tertiary/aromatic N) is 3. The van der Waals surface area contributed by atoms with Gasteiger partial charge >= 0.3 is 7.60 Å². The van der Waals surface area contributed by atoms with Crippen LogP contribution in [0.1, 0.15) is 17.4 Å². The third-order valence-corrected chi connectivity index (χ3v) is 6.07. The quantitative estimate of drug-likeness (QED) is 0.301. The zero-order valence-electron chi connectivity index (χ0n) is 18.0. The molecule has 10 heteroatoms. The average molecular weight is 465 g/mol. The summed E-state index contributed by atoms with van der Waals surface area (Å²) >= 11 is 0. The molecule has 0 fully saturated rings. The van der Waals surface area contributed by atoms with Crippen LogP contribution in [0.25, 0.3) is 11.1 Å². The Morgan fingerprint density at radius 2 is 1.79 bits per heavy atom. The van der Waals surface area contributed by atoms with Gasteiger partial charge in [-0.15, -0.1) is 10.2 Å². The first kappa shape index (κ1) is 22.7. The molecular formula is C23H24N5O4P. The van der Waals surface area contributed by atoms with Gasteiger partial charge in [-0.1, -0.05) is 65.9 Å². The van der Waals surface area contributed by atoms with Crippen molar-refractivity contribution in [3.8, 4) is 22.6 Å².